The highest BCUT2D eigenvalue weighted by atomic mass is 32.2. The Morgan fingerprint density at radius 2 is 2.19 bits per heavy atom. The van der Waals surface area contributed by atoms with Gasteiger partial charge in [-0.25, -0.2) is 13.2 Å². The second-order valence-electron chi connectivity index (χ2n) is 4.58. The van der Waals surface area contributed by atoms with Crippen LogP contribution in [0.15, 0.2) is 23.1 Å². The third-order valence-electron chi connectivity index (χ3n) is 3.23. The number of rotatable bonds is 4. The SMILES string of the molecule is Nc1cc(C(=O)O)ccc1S(=O)(=O)N1CCOCC1CO. The molecular weight excluding hydrogens is 300 g/mol. The molecule has 1 fully saturated rings. The molecular formula is C12H16N2O6S. The molecule has 0 spiro atoms. The van der Waals surface area contributed by atoms with E-state index in [4.69, 9.17) is 15.6 Å². The quantitative estimate of drug-likeness (QED) is 0.629. The number of ether oxygens (including phenoxy) is 1. The topological polar surface area (TPSA) is 130 Å². The van der Waals surface area contributed by atoms with Gasteiger partial charge < -0.3 is 20.7 Å². The van der Waals surface area contributed by atoms with E-state index in [1.807, 2.05) is 0 Å². The van der Waals surface area contributed by atoms with E-state index in [0.29, 0.717) is 0 Å². The number of hydrogen-bond donors (Lipinski definition) is 3. The molecule has 0 aromatic heterocycles. The van der Waals surface area contributed by atoms with Crippen molar-refractivity contribution >= 4 is 21.7 Å². The number of carbonyl (C=O) groups is 1. The number of anilines is 1. The molecule has 0 bridgehead atoms. The van der Waals surface area contributed by atoms with E-state index in [-0.39, 0.29) is 42.5 Å². The summed E-state index contributed by atoms with van der Waals surface area (Å²) in [4.78, 5) is 10.7. The molecule has 0 saturated carbocycles. The van der Waals surface area contributed by atoms with E-state index in [9.17, 15) is 18.3 Å². The Morgan fingerprint density at radius 3 is 2.76 bits per heavy atom. The van der Waals surface area contributed by atoms with Crippen molar-refractivity contribution in [3.8, 4) is 0 Å². The number of nitrogen functional groups attached to an aromatic ring is 1. The number of aliphatic hydroxyl groups excluding tert-OH is 1. The highest BCUT2D eigenvalue weighted by Crippen LogP contribution is 2.26. The van der Waals surface area contributed by atoms with Crippen LogP contribution in [0.4, 0.5) is 5.69 Å². The van der Waals surface area contributed by atoms with E-state index in [1.54, 1.807) is 0 Å². The van der Waals surface area contributed by atoms with Crippen molar-refractivity contribution in [1.29, 1.82) is 0 Å². The van der Waals surface area contributed by atoms with Gasteiger partial charge in [-0.1, -0.05) is 0 Å². The van der Waals surface area contributed by atoms with Crippen molar-refractivity contribution in [2.24, 2.45) is 0 Å². The van der Waals surface area contributed by atoms with Gasteiger partial charge in [-0.15, -0.1) is 0 Å². The number of sulfonamides is 1. The molecule has 1 aromatic rings. The number of nitrogens with zero attached hydrogens (tertiary/aromatic N) is 1. The molecule has 1 aliphatic heterocycles. The van der Waals surface area contributed by atoms with Gasteiger partial charge in [0.15, 0.2) is 0 Å². The monoisotopic (exact) mass is 316 g/mol. The summed E-state index contributed by atoms with van der Waals surface area (Å²) >= 11 is 0. The maximum atomic E-state index is 12.6. The number of morpholine rings is 1. The number of carboxylic acids is 1. The molecule has 1 unspecified atom stereocenters. The van der Waals surface area contributed by atoms with Crippen LogP contribution in [0.25, 0.3) is 0 Å². The first-order chi connectivity index (χ1) is 9.87. The van der Waals surface area contributed by atoms with Crippen LogP contribution in [0.2, 0.25) is 0 Å². The number of benzene rings is 1. The standard InChI is InChI=1S/C12H16N2O6S/c13-10-5-8(12(16)17)1-2-11(10)21(18,19)14-3-4-20-7-9(14)6-15/h1-2,5,9,15H,3-4,6-7,13H2,(H,16,17). The molecule has 8 nitrogen and oxygen atoms in total. The van der Waals surface area contributed by atoms with E-state index in [2.05, 4.69) is 0 Å². The Hall–Kier alpha value is -1.68. The molecule has 0 aliphatic carbocycles. The van der Waals surface area contributed by atoms with Crippen LogP contribution in [0.1, 0.15) is 10.4 Å². The van der Waals surface area contributed by atoms with Crippen LogP contribution in [-0.2, 0) is 14.8 Å². The van der Waals surface area contributed by atoms with Gasteiger partial charge in [0.05, 0.1) is 37.1 Å². The summed E-state index contributed by atoms with van der Waals surface area (Å²) in [6, 6.07) is 2.77. The molecule has 9 heteroatoms. The lowest BCUT2D eigenvalue weighted by molar-refractivity contribution is 0.0109. The van der Waals surface area contributed by atoms with Crippen LogP contribution in [0.3, 0.4) is 0 Å². The summed E-state index contributed by atoms with van der Waals surface area (Å²) in [5.41, 5.74) is 5.44. The van der Waals surface area contributed by atoms with Gasteiger partial charge in [0, 0.05) is 6.54 Å². The van der Waals surface area contributed by atoms with Gasteiger partial charge in [-0.2, -0.15) is 4.31 Å². The number of hydrogen-bond acceptors (Lipinski definition) is 6. The molecule has 4 N–H and O–H groups in total. The lowest BCUT2D eigenvalue weighted by Gasteiger charge is -2.33. The Labute approximate surface area is 121 Å². The largest absolute Gasteiger partial charge is 0.478 e. The van der Waals surface area contributed by atoms with Gasteiger partial charge in [-0.05, 0) is 18.2 Å². The molecule has 1 heterocycles. The van der Waals surface area contributed by atoms with E-state index in [0.717, 1.165) is 16.4 Å². The summed E-state index contributed by atoms with van der Waals surface area (Å²) in [5.74, 6) is -1.19. The fourth-order valence-electron chi connectivity index (χ4n) is 2.14. The third kappa shape index (κ3) is 3.00. The first kappa shape index (κ1) is 15.7. The predicted octanol–water partition coefficient (Wildman–Crippen LogP) is -0.651. The van der Waals surface area contributed by atoms with Crippen LogP contribution in [-0.4, -0.2) is 61.3 Å². The maximum Gasteiger partial charge on any atom is 0.335 e. The second-order valence-corrected chi connectivity index (χ2v) is 6.44. The zero-order valence-electron chi connectivity index (χ0n) is 11.1. The smallest absolute Gasteiger partial charge is 0.335 e. The summed E-state index contributed by atoms with van der Waals surface area (Å²) in [5, 5.41) is 18.1. The predicted molar refractivity (Wildman–Crippen MR) is 73.4 cm³/mol. The Morgan fingerprint density at radius 1 is 1.48 bits per heavy atom. The lowest BCUT2D eigenvalue weighted by Crippen LogP contribution is -2.50. The van der Waals surface area contributed by atoms with E-state index >= 15 is 0 Å². The van der Waals surface area contributed by atoms with Crippen molar-refractivity contribution in [3.63, 3.8) is 0 Å². The fourth-order valence-corrected chi connectivity index (χ4v) is 3.83. The molecule has 116 valence electrons. The molecule has 1 atom stereocenters. The van der Waals surface area contributed by atoms with Gasteiger partial charge in [0.1, 0.15) is 4.90 Å². The van der Waals surface area contributed by atoms with Crippen molar-refractivity contribution in [2.75, 3.05) is 32.1 Å². The number of aliphatic hydroxyl groups is 1. The summed E-state index contributed by atoms with van der Waals surface area (Å²) < 4.78 is 31.4. The van der Waals surface area contributed by atoms with Crippen molar-refractivity contribution in [3.05, 3.63) is 23.8 Å². The zero-order chi connectivity index (χ0) is 15.6. The van der Waals surface area contributed by atoms with E-state index < -0.39 is 22.0 Å². The van der Waals surface area contributed by atoms with Crippen molar-refractivity contribution in [2.45, 2.75) is 10.9 Å². The minimum Gasteiger partial charge on any atom is -0.478 e. The first-order valence-electron chi connectivity index (χ1n) is 6.21. The number of carboxylic acid groups (broad SMARTS) is 1. The number of aromatic carboxylic acids is 1. The van der Waals surface area contributed by atoms with Crippen molar-refractivity contribution in [1.82, 2.24) is 4.31 Å². The summed E-state index contributed by atoms with van der Waals surface area (Å²) in [6.07, 6.45) is 0. The van der Waals surface area contributed by atoms with Crippen LogP contribution in [0, 0.1) is 0 Å². The zero-order valence-corrected chi connectivity index (χ0v) is 11.9. The molecule has 1 aliphatic rings. The van der Waals surface area contributed by atoms with Gasteiger partial charge in [0.2, 0.25) is 10.0 Å². The normalized spacial score (nSPS) is 20.3. The summed E-state index contributed by atoms with van der Waals surface area (Å²) in [7, 11) is -3.92. The van der Waals surface area contributed by atoms with Gasteiger partial charge in [-0.3, -0.25) is 0 Å². The van der Waals surface area contributed by atoms with Crippen molar-refractivity contribution < 1.29 is 28.2 Å². The van der Waals surface area contributed by atoms with Crippen LogP contribution in [0.5, 0.6) is 0 Å². The molecule has 21 heavy (non-hydrogen) atoms. The molecule has 1 saturated heterocycles. The molecule has 0 radical (unpaired) electrons. The first-order valence-corrected chi connectivity index (χ1v) is 7.65. The molecule has 1 aromatic carbocycles. The molecule has 0 amide bonds. The summed E-state index contributed by atoms with van der Waals surface area (Å²) in [6.45, 7) is 0.0612. The minimum atomic E-state index is -3.92. The average molecular weight is 316 g/mol. The molecule has 2 rings (SSSR count). The minimum absolute atomic E-state index is 0.0906. The van der Waals surface area contributed by atoms with Gasteiger partial charge >= 0.3 is 5.97 Å². The Kier molecular flexibility index (Phi) is 4.47. The highest BCUT2D eigenvalue weighted by molar-refractivity contribution is 7.89. The highest BCUT2D eigenvalue weighted by Gasteiger charge is 2.34. The van der Waals surface area contributed by atoms with E-state index in [1.165, 1.54) is 6.07 Å². The second kappa shape index (κ2) is 5.98. The number of nitrogens with two attached hydrogens (primary N) is 1. The third-order valence-corrected chi connectivity index (χ3v) is 5.25. The maximum absolute atomic E-state index is 12.6. The average Bonchev–Trinajstić information content (AvgIpc) is 2.46. The Balaban J connectivity index is 2.41. The van der Waals surface area contributed by atoms with Crippen LogP contribution >= 0.6 is 0 Å². The fraction of sp³-hybridized carbons (Fsp3) is 0.417. The van der Waals surface area contributed by atoms with Crippen LogP contribution < -0.4 is 5.73 Å². The Bertz CT molecular complexity index is 645. The van der Waals surface area contributed by atoms with Gasteiger partial charge in [0.25, 0.3) is 0 Å². The lowest BCUT2D eigenvalue weighted by atomic mass is 10.2.